The summed E-state index contributed by atoms with van der Waals surface area (Å²) < 4.78 is 5.39. The summed E-state index contributed by atoms with van der Waals surface area (Å²) in [6.45, 7) is 8.54. The average Bonchev–Trinajstić information content (AvgIpc) is 3.36. The number of aryl methyl sites for hydroxylation is 2. The lowest BCUT2D eigenvalue weighted by Gasteiger charge is -2.34. The van der Waals surface area contributed by atoms with E-state index >= 15 is 0 Å². The van der Waals surface area contributed by atoms with Crippen molar-refractivity contribution in [2.75, 3.05) is 31.1 Å². The minimum Gasteiger partial charge on any atom is -0.368 e. The van der Waals surface area contributed by atoms with Gasteiger partial charge in [0.2, 0.25) is 6.41 Å². The molecule has 1 unspecified atom stereocenters. The number of benzene rings is 2. The number of rotatable bonds is 8. The number of anilines is 1. The van der Waals surface area contributed by atoms with Crippen LogP contribution in [0.5, 0.6) is 0 Å². The summed E-state index contributed by atoms with van der Waals surface area (Å²) in [6.07, 6.45) is 3.82. The zero-order valence-electron chi connectivity index (χ0n) is 20.2. The number of halogens is 1. The second-order valence-electron chi connectivity index (χ2n) is 8.46. The summed E-state index contributed by atoms with van der Waals surface area (Å²) in [5.74, 6) is 0. The Kier molecular flexibility index (Phi) is 10.5. The van der Waals surface area contributed by atoms with Gasteiger partial charge in [-0.25, -0.2) is 0 Å². The Morgan fingerprint density at radius 3 is 2.49 bits per heavy atom. The van der Waals surface area contributed by atoms with E-state index in [0.29, 0.717) is 11.7 Å². The molecular weight excluding hydrogens is 478 g/mol. The SMILES string of the molecule is Cc1cccc(Cl)c1SNC(C)CCn1cccc1C#N.O=CN1CCN(c2ccccc2)CC1. The molecule has 2 heterocycles. The van der Waals surface area contributed by atoms with Gasteiger partial charge in [0.25, 0.3) is 0 Å². The number of carbonyl (C=O) groups excluding carboxylic acids is 1. The lowest BCUT2D eigenvalue weighted by molar-refractivity contribution is -0.118. The van der Waals surface area contributed by atoms with Gasteiger partial charge in [0.1, 0.15) is 11.8 Å². The molecule has 35 heavy (non-hydrogen) atoms. The highest BCUT2D eigenvalue weighted by molar-refractivity contribution is 7.97. The predicted molar refractivity (Wildman–Crippen MR) is 145 cm³/mol. The first-order chi connectivity index (χ1) is 17.0. The third kappa shape index (κ3) is 8.07. The molecule has 1 amide bonds. The molecule has 1 fully saturated rings. The van der Waals surface area contributed by atoms with E-state index in [-0.39, 0.29) is 0 Å². The standard InChI is InChI=1S/C16H18ClN3S.C11H14N2O/c1-12-5-3-7-15(17)16(12)21-19-13(2)8-10-20-9-4-6-14(20)11-18;14-10-12-6-8-13(9-7-12)11-4-2-1-3-5-11/h3-7,9,13,19H,8,10H2,1-2H3;1-5,10H,6-9H2. The molecule has 3 aromatic rings. The van der Waals surface area contributed by atoms with Gasteiger partial charge < -0.3 is 14.4 Å². The van der Waals surface area contributed by atoms with Crippen LogP contribution in [0.15, 0.2) is 71.8 Å². The zero-order chi connectivity index (χ0) is 25.0. The molecule has 1 aliphatic rings. The van der Waals surface area contributed by atoms with Crippen LogP contribution in [-0.4, -0.2) is 48.1 Å². The van der Waals surface area contributed by atoms with E-state index in [1.807, 2.05) is 58.1 Å². The van der Waals surface area contributed by atoms with Gasteiger partial charge in [0.15, 0.2) is 0 Å². The Hall–Kier alpha value is -2.92. The minimum absolute atomic E-state index is 0.319. The van der Waals surface area contributed by atoms with Crippen molar-refractivity contribution in [1.29, 1.82) is 5.26 Å². The quantitative estimate of drug-likeness (QED) is 0.327. The monoisotopic (exact) mass is 509 g/mol. The van der Waals surface area contributed by atoms with Crippen molar-refractivity contribution in [1.82, 2.24) is 14.2 Å². The second-order valence-corrected chi connectivity index (χ2v) is 9.71. The molecule has 0 bridgehead atoms. The van der Waals surface area contributed by atoms with E-state index in [2.05, 4.69) is 47.7 Å². The molecule has 1 aliphatic heterocycles. The second kappa shape index (κ2) is 13.8. The fourth-order valence-electron chi connectivity index (χ4n) is 3.73. The van der Waals surface area contributed by atoms with Crippen LogP contribution in [0.2, 0.25) is 5.02 Å². The maximum atomic E-state index is 10.5. The molecule has 8 heteroatoms. The Morgan fingerprint density at radius 2 is 1.83 bits per heavy atom. The van der Waals surface area contributed by atoms with Gasteiger partial charge in [-0.15, -0.1) is 0 Å². The van der Waals surface area contributed by atoms with Crippen molar-refractivity contribution in [3.05, 3.63) is 83.1 Å². The molecule has 1 aromatic heterocycles. The summed E-state index contributed by atoms with van der Waals surface area (Å²) in [4.78, 5) is 15.7. The minimum atomic E-state index is 0.319. The molecule has 0 radical (unpaired) electrons. The van der Waals surface area contributed by atoms with Gasteiger partial charge in [-0.2, -0.15) is 5.26 Å². The highest BCUT2D eigenvalue weighted by Crippen LogP contribution is 2.28. The molecule has 184 valence electrons. The van der Waals surface area contributed by atoms with Crippen LogP contribution in [0, 0.1) is 18.3 Å². The van der Waals surface area contributed by atoms with Crippen LogP contribution in [0.1, 0.15) is 24.6 Å². The fraction of sp³-hybridized carbons (Fsp3) is 0.333. The summed E-state index contributed by atoms with van der Waals surface area (Å²) >= 11 is 7.78. The van der Waals surface area contributed by atoms with Gasteiger partial charge in [-0.05, 0) is 68.1 Å². The Labute approximate surface area is 217 Å². The van der Waals surface area contributed by atoms with E-state index in [9.17, 15) is 4.79 Å². The number of para-hydroxylation sites is 1. The van der Waals surface area contributed by atoms with Crippen molar-refractivity contribution < 1.29 is 4.79 Å². The summed E-state index contributed by atoms with van der Waals surface area (Å²) in [5.41, 5.74) is 3.12. The van der Waals surface area contributed by atoms with Crippen molar-refractivity contribution in [3.8, 4) is 6.07 Å². The number of nitriles is 1. The molecule has 4 rings (SSSR count). The predicted octanol–water partition coefficient (Wildman–Crippen LogP) is 5.36. The van der Waals surface area contributed by atoms with E-state index in [1.165, 1.54) is 11.3 Å². The Balaban J connectivity index is 0.000000211. The van der Waals surface area contributed by atoms with Crippen LogP contribution in [0.3, 0.4) is 0 Å². The number of nitrogens with zero attached hydrogens (tertiary/aromatic N) is 4. The van der Waals surface area contributed by atoms with E-state index in [4.69, 9.17) is 16.9 Å². The molecule has 1 N–H and O–H groups in total. The van der Waals surface area contributed by atoms with Crippen molar-refractivity contribution in [2.24, 2.45) is 0 Å². The van der Waals surface area contributed by atoms with Crippen LogP contribution < -0.4 is 9.62 Å². The summed E-state index contributed by atoms with van der Waals surface area (Å²) in [5, 5.41) is 9.76. The largest absolute Gasteiger partial charge is 0.368 e. The molecule has 0 spiro atoms. The molecule has 0 aliphatic carbocycles. The van der Waals surface area contributed by atoms with Crippen LogP contribution in [0.4, 0.5) is 5.69 Å². The van der Waals surface area contributed by atoms with E-state index < -0.39 is 0 Å². The smallest absolute Gasteiger partial charge is 0.209 e. The van der Waals surface area contributed by atoms with Gasteiger partial charge >= 0.3 is 0 Å². The Morgan fingerprint density at radius 1 is 1.09 bits per heavy atom. The molecule has 6 nitrogen and oxygen atoms in total. The fourth-order valence-corrected chi connectivity index (χ4v) is 4.90. The highest BCUT2D eigenvalue weighted by atomic mass is 35.5. The number of piperazine rings is 1. The number of carbonyl (C=O) groups is 1. The van der Waals surface area contributed by atoms with Crippen molar-refractivity contribution in [3.63, 3.8) is 0 Å². The first-order valence-electron chi connectivity index (χ1n) is 11.7. The summed E-state index contributed by atoms with van der Waals surface area (Å²) in [7, 11) is 0. The third-order valence-electron chi connectivity index (χ3n) is 5.86. The summed E-state index contributed by atoms with van der Waals surface area (Å²) in [6, 6.07) is 22.5. The van der Waals surface area contributed by atoms with Gasteiger partial charge in [-0.3, -0.25) is 9.52 Å². The maximum Gasteiger partial charge on any atom is 0.209 e. The van der Waals surface area contributed by atoms with Crippen molar-refractivity contribution >= 4 is 35.6 Å². The number of hydrogen-bond donors (Lipinski definition) is 1. The molecular formula is C27H32ClN5OS. The number of hydrogen-bond acceptors (Lipinski definition) is 5. The number of amides is 1. The maximum absolute atomic E-state index is 10.5. The van der Waals surface area contributed by atoms with Gasteiger partial charge in [-0.1, -0.05) is 41.9 Å². The molecule has 0 saturated carbocycles. The lowest BCUT2D eigenvalue weighted by Crippen LogP contribution is -2.45. The first-order valence-corrected chi connectivity index (χ1v) is 12.9. The lowest BCUT2D eigenvalue weighted by atomic mass is 10.2. The third-order valence-corrected chi connectivity index (χ3v) is 7.55. The Bertz CT molecular complexity index is 1090. The topological polar surface area (TPSA) is 64.3 Å². The molecule has 1 saturated heterocycles. The number of aromatic nitrogens is 1. The number of nitrogens with one attached hydrogen (secondary N) is 1. The van der Waals surface area contributed by atoms with Crippen molar-refractivity contribution in [2.45, 2.75) is 37.8 Å². The normalized spacial score (nSPS) is 14.0. The molecule has 1 atom stereocenters. The highest BCUT2D eigenvalue weighted by Gasteiger charge is 2.15. The average molecular weight is 510 g/mol. The first kappa shape index (κ1) is 26.7. The van der Waals surface area contributed by atoms with Crippen LogP contribution in [0.25, 0.3) is 0 Å². The van der Waals surface area contributed by atoms with Gasteiger partial charge in [0.05, 0.1) is 5.02 Å². The zero-order valence-corrected chi connectivity index (χ0v) is 21.8. The van der Waals surface area contributed by atoms with Gasteiger partial charge in [0, 0.05) is 55.5 Å². The van der Waals surface area contributed by atoms with Crippen LogP contribution >= 0.6 is 23.5 Å². The van der Waals surface area contributed by atoms with E-state index in [0.717, 1.165) is 55.5 Å². The molecule has 2 aromatic carbocycles. The van der Waals surface area contributed by atoms with Crippen LogP contribution in [-0.2, 0) is 11.3 Å². The van der Waals surface area contributed by atoms with E-state index in [1.54, 1.807) is 11.9 Å².